The van der Waals surface area contributed by atoms with E-state index in [1.54, 1.807) is 6.07 Å². The summed E-state index contributed by atoms with van der Waals surface area (Å²) in [5.41, 5.74) is 6.30. The number of ether oxygens (including phenoxy) is 2. The minimum absolute atomic E-state index is 0.0316. The van der Waals surface area contributed by atoms with Crippen LogP contribution < -0.4 is 15.2 Å². The van der Waals surface area contributed by atoms with Gasteiger partial charge in [-0.15, -0.1) is 0 Å². The molecule has 0 saturated carbocycles. The van der Waals surface area contributed by atoms with Crippen molar-refractivity contribution in [2.24, 2.45) is 0 Å². The number of aromatic nitrogens is 2. The van der Waals surface area contributed by atoms with Crippen LogP contribution in [-0.4, -0.2) is 48.2 Å². The molecule has 1 aliphatic rings. The Morgan fingerprint density at radius 2 is 1.80 bits per heavy atom. The zero-order valence-electron chi connectivity index (χ0n) is 15.3. The van der Waals surface area contributed by atoms with Crippen molar-refractivity contribution in [3.05, 3.63) is 17.7 Å². The lowest BCUT2D eigenvalue weighted by molar-refractivity contribution is 0.120. The lowest BCUT2D eigenvalue weighted by Crippen LogP contribution is -2.43. The Morgan fingerprint density at radius 3 is 2.36 bits per heavy atom. The molecule has 136 valence electrons. The molecule has 2 heterocycles. The molecule has 1 aromatic carbocycles. The summed E-state index contributed by atoms with van der Waals surface area (Å²) >= 11 is 0. The maximum absolute atomic E-state index is 14.9. The summed E-state index contributed by atoms with van der Waals surface area (Å²) < 4.78 is 25.2. The summed E-state index contributed by atoms with van der Waals surface area (Å²) in [4.78, 5) is 11.3. The van der Waals surface area contributed by atoms with Gasteiger partial charge in [0.1, 0.15) is 17.2 Å². The Morgan fingerprint density at radius 1 is 1.16 bits per heavy atom. The summed E-state index contributed by atoms with van der Waals surface area (Å²) in [6.45, 7) is 4.36. The Kier molecular flexibility index (Phi) is 4.69. The fourth-order valence-electron chi connectivity index (χ4n) is 3.65. The predicted molar refractivity (Wildman–Crippen MR) is 95.7 cm³/mol. The van der Waals surface area contributed by atoms with E-state index >= 15 is 0 Å². The Bertz CT molecular complexity index is 786. The summed E-state index contributed by atoms with van der Waals surface area (Å²) in [7, 11) is 4.98. The lowest BCUT2D eigenvalue weighted by atomic mass is 9.87. The number of fused-ring (bicyclic) bond motifs is 1. The first-order chi connectivity index (χ1) is 11.9. The van der Waals surface area contributed by atoms with Crippen molar-refractivity contribution >= 4 is 16.7 Å². The number of nitrogen functional groups attached to an aromatic ring is 1. The smallest absolute Gasteiger partial charge is 0.199 e. The van der Waals surface area contributed by atoms with E-state index in [0.717, 1.165) is 12.8 Å². The highest BCUT2D eigenvalue weighted by Gasteiger charge is 2.31. The van der Waals surface area contributed by atoms with Gasteiger partial charge in [-0.05, 0) is 39.8 Å². The molecular formula is C18H25FN4O2. The van der Waals surface area contributed by atoms with Crippen molar-refractivity contribution < 1.29 is 13.9 Å². The van der Waals surface area contributed by atoms with Gasteiger partial charge >= 0.3 is 0 Å². The Hall–Kier alpha value is -2.15. The highest BCUT2D eigenvalue weighted by Crippen LogP contribution is 2.39. The number of halogens is 1. The molecule has 2 unspecified atom stereocenters. The first-order valence-electron chi connectivity index (χ1n) is 8.46. The molecule has 0 bridgehead atoms. The van der Waals surface area contributed by atoms with E-state index in [-0.39, 0.29) is 28.8 Å². The second kappa shape index (κ2) is 6.63. The molecule has 0 amide bonds. The van der Waals surface area contributed by atoms with Gasteiger partial charge in [0.25, 0.3) is 0 Å². The molecule has 1 aliphatic heterocycles. The molecule has 0 aliphatic carbocycles. The summed E-state index contributed by atoms with van der Waals surface area (Å²) in [6, 6.07) is 2.44. The van der Waals surface area contributed by atoms with E-state index < -0.39 is 5.82 Å². The van der Waals surface area contributed by atoms with Gasteiger partial charge in [-0.2, -0.15) is 0 Å². The molecule has 0 spiro atoms. The van der Waals surface area contributed by atoms with Crippen LogP contribution in [0, 0.1) is 5.82 Å². The third-order valence-electron chi connectivity index (χ3n) is 5.33. The average Bonchev–Trinajstić information content (AvgIpc) is 2.59. The highest BCUT2D eigenvalue weighted by molar-refractivity contribution is 5.91. The molecule has 3 rings (SSSR count). The van der Waals surface area contributed by atoms with Crippen LogP contribution in [0.4, 0.5) is 10.2 Å². The van der Waals surface area contributed by atoms with Crippen LogP contribution in [0.25, 0.3) is 10.9 Å². The van der Waals surface area contributed by atoms with Crippen molar-refractivity contribution in [1.29, 1.82) is 0 Å². The minimum atomic E-state index is -0.568. The van der Waals surface area contributed by atoms with Crippen molar-refractivity contribution in [3.8, 4) is 11.5 Å². The first kappa shape index (κ1) is 17.7. The third-order valence-corrected chi connectivity index (χ3v) is 5.33. The molecule has 7 heteroatoms. The van der Waals surface area contributed by atoms with Gasteiger partial charge in [-0.1, -0.05) is 0 Å². The average molecular weight is 348 g/mol. The Labute approximate surface area is 147 Å². The van der Waals surface area contributed by atoms with Crippen molar-refractivity contribution in [2.75, 3.05) is 27.0 Å². The van der Waals surface area contributed by atoms with Gasteiger partial charge in [-0.25, -0.2) is 14.4 Å². The molecular weight excluding hydrogens is 323 g/mol. The van der Waals surface area contributed by atoms with Crippen LogP contribution >= 0.6 is 0 Å². The van der Waals surface area contributed by atoms with Gasteiger partial charge in [0, 0.05) is 23.4 Å². The van der Waals surface area contributed by atoms with Crippen molar-refractivity contribution in [3.63, 3.8) is 0 Å². The first-order valence-corrected chi connectivity index (χ1v) is 8.46. The van der Waals surface area contributed by atoms with Crippen molar-refractivity contribution in [1.82, 2.24) is 14.9 Å². The number of nitrogens with zero attached hydrogens (tertiary/aromatic N) is 3. The van der Waals surface area contributed by atoms with Gasteiger partial charge in [0.2, 0.25) is 0 Å². The topological polar surface area (TPSA) is 73.5 Å². The molecule has 1 aromatic heterocycles. The van der Waals surface area contributed by atoms with Gasteiger partial charge < -0.3 is 20.1 Å². The van der Waals surface area contributed by atoms with Crippen LogP contribution in [0.1, 0.15) is 38.4 Å². The monoisotopic (exact) mass is 348 g/mol. The van der Waals surface area contributed by atoms with Crippen LogP contribution in [-0.2, 0) is 0 Å². The second-order valence-corrected chi connectivity index (χ2v) is 6.82. The fraction of sp³-hybridized carbons (Fsp3) is 0.556. The maximum atomic E-state index is 14.9. The Balaban J connectivity index is 2.11. The van der Waals surface area contributed by atoms with E-state index in [4.69, 9.17) is 15.2 Å². The molecule has 1 saturated heterocycles. The SMILES string of the molecule is COc1cc2c(N)nc(C3CC(C)N(C)C(C)C3)nc2c(F)c1OC. The fourth-order valence-corrected chi connectivity index (χ4v) is 3.65. The van der Waals surface area contributed by atoms with E-state index in [0.29, 0.717) is 23.3 Å². The van der Waals surface area contributed by atoms with E-state index in [1.165, 1.54) is 14.2 Å². The number of anilines is 1. The molecule has 6 nitrogen and oxygen atoms in total. The van der Waals surface area contributed by atoms with Gasteiger partial charge in [0.05, 0.1) is 14.2 Å². The molecule has 2 N–H and O–H groups in total. The van der Waals surface area contributed by atoms with E-state index in [9.17, 15) is 4.39 Å². The number of methoxy groups -OCH3 is 2. The van der Waals surface area contributed by atoms with Gasteiger partial charge in [-0.3, -0.25) is 0 Å². The van der Waals surface area contributed by atoms with Crippen LogP contribution in [0.5, 0.6) is 11.5 Å². The summed E-state index contributed by atoms with van der Waals surface area (Å²) in [6.07, 6.45) is 1.83. The zero-order chi connectivity index (χ0) is 18.3. The largest absolute Gasteiger partial charge is 0.493 e. The predicted octanol–water partition coefficient (Wildman–Crippen LogP) is 2.95. The molecule has 25 heavy (non-hydrogen) atoms. The van der Waals surface area contributed by atoms with Crippen molar-refractivity contribution in [2.45, 2.75) is 44.7 Å². The number of benzene rings is 1. The summed E-state index contributed by atoms with van der Waals surface area (Å²) in [5, 5.41) is 0.438. The van der Waals surface area contributed by atoms with E-state index in [2.05, 4.69) is 35.8 Å². The minimum Gasteiger partial charge on any atom is -0.493 e. The number of hydrogen-bond acceptors (Lipinski definition) is 6. The number of hydrogen-bond donors (Lipinski definition) is 1. The molecule has 2 atom stereocenters. The second-order valence-electron chi connectivity index (χ2n) is 6.82. The standard InChI is InChI=1S/C18H25FN4O2/c1-9-6-11(7-10(2)23(9)3)18-21-15-12(17(20)22-18)8-13(24-4)16(25-5)14(15)19/h8-11H,6-7H2,1-5H3,(H2,20,21,22). The number of piperidine rings is 1. The summed E-state index contributed by atoms with van der Waals surface area (Å²) in [5.74, 6) is 0.755. The number of nitrogens with two attached hydrogens (primary N) is 1. The number of likely N-dealkylation sites (tertiary alicyclic amines) is 1. The lowest BCUT2D eigenvalue weighted by Gasteiger charge is -2.39. The zero-order valence-corrected chi connectivity index (χ0v) is 15.3. The quantitative estimate of drug-likeness (QED) is 0.919. The molecule has 2 aromatic rings. The van der Waals surface area contributed by atoms with Crippen LogP contribution in [0.3, 0.4) is 0 Å². The highest BCUT2D eigenvalue weighted by atomic mass is 19.1. The third kappa shape index (κ3) is 2.97. The molecule has 0 radical (unpaired) electrons. The maximum Gasteiger partial charge on any atom is 0.199 e. The van der Waals surface area contributed by atoms with E-state index in [1.807, 2.05) is 0 Å². The molecule has 1 fully saturated rings. The van der Waals surface area contributed by atoms with Crippen LogP contribution in [0.15, 0.2) is 6.07 Å². The van der Waals surface area contributed by atoms with Gasteiger partial charge in [0.15, 0.2) is 17.3 Å². The number of rotatable bonds is 3. The normalized spacial score (nSPS) is 24.5. The van der Waals surface area contributed by atoms with Crippen LogP contribution in [0.2, 0.25) is 0 Å².